The standard InChI is InChI=1S/C18H16OS/c1-11-12(2)20-17-5-3-4-15(18(11)17)13-6-7-16-14(10-13)8-9-19-16/h3-7,10H,8-9H2,1-2H3. The molecule has 1 aliphatic rings. The van der Waals surface area contributed by atoms with E-state index in [4.69, 9.17) is 4.74 Å². The summed E-state index contributed by atoms with van der Waals surface area (Å²) < 4.78 is 6.99. The molecule has 0 fully saturated rings. The van der Waals surface area contributed by atoms with Crippen LogP contribution in [0.2, 0.25) is 0 Å². The number of thiophene rings is 1. The van der Waals surface area contributed by atoms with Gasteiger partial charge in [0.25, 0.3) is 0 Å². The monoisotopic (exact) mass is 280 g/mol. The maximum absolute atomic E-state index is 5.61. The number of hydrogen-bond acceptors (Lipinski definition) is 2. The highest BCUT2D eigenvalue weighted by Gasteiger charge is 2.15. The van der Waals surface area contributed by atoms with E-state index >= 15 is 0 Å². The van der Waals surface area contributed by atoms with Crippen molar-refractivity contribution in [3.63, 3.8) is 0 Å². The zero-order chi connectivity index (χ0) is 13.7. The van der Waals surface area contributed by atoms with Crippen LogP contribution < -0.4 is 4.74 Å². The molecule has 0 N–H and O–H groups in total. The Morgan fingerprint density at radius 1 is 1.10 bits per heavy atom. The van der Waals surface area contributed by atoms with Gasteiger partial charge < -0.3 is 4.74 Å². The van der Waals surface area contributed by atoms with Crippen LogP contribution in [-0.4, -0.2) is 6.61 Å². The Balaban J connectivity index is 1.98. The van der Waals surface area contributed by atoms with Crippen molar-refractivity contribution in [1.82, 2.24) is 0 Å². The lowest BCUT2D eigenvalue weighted by Crippen LogP contribution is -1.85. The molecule has 0 saturated carbocycles. The molecule has 1 aliphatic heterocycles. The Morgan fingerprint density at radius 3 is 2.90 bits per heavy atom. The summed E-state index contributed by atoms with van der Waals surface area (Å²) in [5, 5.41) is 1.41. The van der Waals surface area contributed by atoms with Gasteiger partial charge in [-0.2, -0.15) is 0 Å². The zero-order valence-corrected chi connectivity index (χ0v) is 12.5. The van der Waals surface area contributed by atoms with Crippen LogP contribution in [0.3, 0.4) is 0 Å². The third kappa shape index (κ3) is 1.68. The summed E-state index contributed by atoms with van der Waals surface area (Å²) in [6, 6.07) is 13.2. The molecule has 0 bridgehead atoms. The largest absolute Gasteiger partial charge is 0.493 e. The van der Waals surface area contributed by atoms with Crippen molar-refractivity contribution in [2.45, 2.75) is 20.3 Å². The SMILES string of the molecule is Cc1sc2cccc(-c3ccc4c(c3)CCO4)c2c1C. The van der Waals surface area contributed by atoms with Gasteiger partial charge in [0.1, 0.15) is 5.75 Å². The second-order valence-electron chi connectivity index (χ2n) is 5.38. The van der Waals surface area contributed by atoms with E-state index in [1.54, 1.807) is 0 Å². The molecule has 1 aromatic heterocycles. The summed E-state index contributed by atoms with van der Waals surface area (Å²) in [6.45, 7) is 5.26. The van der Waals surface area contributed by atoms with Crippen molar-refractivity contribution in [2.24, 2.45) is 0 Å². The molecule has 2 heteroatoms. The van der Waals surface area contributed by atoms with E-state index < -0.39 is 0 Å². The van der Waals surface area contributed by atoms with Crippen molar-refractivity contribution in [3.8, 4) is 16.9 Å². The van der Waals surface area contributed by atoms with E-state index in [0.29, 0.717) is 0 Å². The highest BCUT2D eigenvalue weighted by molar-refractivity contribution is 7.19. The fourth-order valence-corrected chi connectivity index (χ4v) is 4.11. The molecule has 2 heterocycles. The molecule has 100 valence electrons. The summed E-state index contributed by atoms with van der Waals surface area (Å²) in [6.07, 6.45) is 1.03. The maximum atomic E-state index is 5.61. The average molecular weight is 280 g/mol. The topological polar surface area (TPSA) is 9.23 Å². The number of aryl methyl sites for hydroxylation is 2. The van der Waals surface area contributed by atoms with E-state index in [-0.39, 0.29) is 0 Å². The maximum Gasteiger partial charge on any atom is 0.122 e. The highest BCUT2D eigenvalue weighted by Crippen LogP contribution is 2.39. The number of rotatable bonds is 1. The molecule has 0 radical (unpaired) electrons. The van der Waals surface area contributed by atoms with E-state index in [9.17, 15) is 0 Å². The van der Waals surface area contributed by atoms with Gasteiger partial charge in [0.15, 0.2) is 0 Å². The van der Waals surface area contributed by atoms with Crippen LogP contribution in [0.4, 0.5) is 0 Å². The lowest BCUT2D eigenvalue weighted by atomic mass is 9.97. The van der Waals surface area contributed by atoms with Gasteiger partial charge in [0, 0.05) is 21.4 Å². The Bertz CT molecular complexity index is 814. The molecule has 4 rings (SSSR count). The van der Waals surface area contributed by atoms with Crippen LogP contribution in [-0.2, 0) is 6.42 Å². The minimum absolute atomic E-state index is 0.819. The van der Waals surface area contributed by atoms with Crippen LogP contribution in [0.25, 0.3) is 21.2 Å². The summed E-state index contributed by atoms with van der Waals surface area (Å²) in [4.78, 5) is 1.41. The van der Waals surface area contributed by atoms with Gasteiger partial charge in [-0.25, -0.2) is 0 Å². The summed E-state index contributed by atoms with van der Waals surface area (Å²) in [7, 11) is 0. The van der Waals surface area contributed by atoms with Crippen molar-refractivity contribution in [3.05, 3.63) is 52.4 Å². The van der Waals surface area contributed by atoms with Gasteiger partial charge in [-0.15, -0.1) is 11.3 Å². The number of hydrogen-bond donors (Lipinski definition) is 0. The number of fused-ring (bicyclic) bond motifs is 2. The molecular weight excluding hydrogens is 264 g/mol. The first kappa shape index (κ1) is 12.0. The van der Waals surface area contributed by atoms with Crippen LogP contribution in [0.1, 0.15) is 16.0 Å². The second kappa shape index (κ2) is 4.35. The van der Waals surface area contributed by atoms with E-state index in [0.717, 1.165) is 18.8 Å². The third-order valence-corrected chi connectivity index (χ3v) is 5.37. The Morgan fingerprint density at radius 2 is 2.00 bits per heavy atom. The fourth-order valence-electron chi connectivity index (χ4n) is 3.02. The third-order valence-electron chi connectivity index (χ3n) is 4.19. The molecule has 0 amide bonds. The lowest BCUT2D eigenvalue weighted by Gasteiger charge is -2.07. The molecule has 1 nitrogen and oxygen atoms in total. The Labute approximate surface area is 122 Å². The van der Waals surface area contributed by atoms with Gasteiger partial charge >= 0.3 is 0 Å². The summed E-state index contributed by atoms with van der Waals surface area (Å²) in [5.74, 6) is 1.05. The van der Waals surface area contributed by atoms with Crippen LogP contribution in [0.15, 0.2) is 36.4 Å². The quantitative estimate of drug-likeness (QED) is 0.601. The molecule has 0 unspecified atom stereocenters. The average Bonchev–Trinajstić information content (AvgIpc) is 3.03. The molecule has 2 aromatic carbocycles. The van der Waals surface area contributed by atoms with E-state index in [1.165, 1.54) is 37.2 Å². The molecule has 3 aromatic rings. The van der Waals surface area contributed by atoms with Crippen LogP contribution >= 0.6 is 11.3 Å². The predicted octanol–water partition coefficient (Wildman–Crippen LogP) is 5.12. The van der Waals surface area contributed by atoms with Crippen molar-refractivity contribution >= 4 is 21.4 Å². The summed E-state index contributed by atoms with van der Waals surface area (Å²) in [5.41, 5.74) is 5.40. The highest BCUT2D eigenvalue weighted by atomic mass is 32.1. The van der Waals surface area contributed by atoms with E-state index in [2.05, 4.69) is 50.2 Å². The summed E-state index contributed by atoms with van der Waals surface area (Å²) >= 11 is 1.89. The number of benzene rings is 2. The lowest BCUT2D eigenvalue weighted by molar-refractivity contribution is 0.357. The minimum Gasteiger partial charge on any atom is -0.493 e. The fraction of sp³-hybridized carbons (Fsp3) is 0.222. The zero-order valence-electron chi connectivity index (χ0n) is 11.7. The van der Waals surface area contributed by atoms with Gasteiger partial charge in [-0.05, 0) is 54.3 Å². The Hall–Kier alpha value is -1.80. The van der Waals surface area contributed by atoms with Crippen LogP contribution in [0.5, 0.6) is 5.75 Å². The first-order valence-electron chi connectivity index (χ1n) is 6.99. The Kier molecular flexibility index (Phi) is 2.61. The number of ether oxygens (including phenoxy) is 1. The van der Waals surface area contributed by atoms with Gasteiger partial charge in [0.2, 0.25) is 0 Å². The predicted molar refractivity (Wildman–Crippen MR) is 85.9 cm³/mol. The molecule has 0 atom stereocenters. The molecule has 0 saturated heterocycles. The second-order valence-corrected chi connectivity index (χ2v) is 6.64. The first-order chi connectivity index (χ1) is 9.74. The van der Waals surface area contributed by atoms with E-state index in [1.807, 2.05) is 11.3 Å². The van der Waals surface area contributed by atoms with Crippen molar-refractivity contribution < 1.29 is 4.74 Å². The van der Waals surface area contributed by atoms with Crippen LogP contribution in [0, 0.1) is 13.8 Å². The van der Waals surface area contributed by atoms with Crippen molar-refractivity contribution in [2.75, 3.05) is 6.61 Å². The van der Waals surface area contributed by atoms with Gasteiger partial charge in [-0.3, -0.25) is 0 Å². The van der Waals surface area contributed by atoms with Gasteiger partial charge in [-0.1, -0.05) is 18.2 Å². The first-order valence-corrected chi connectivity index (χ1v) is 7.80. The molecule has 20 heavy (non-hydrogen) atoms. The molecule has 0 aliphatic carbocycles. The molecular formula is C18H16OS. The smallest absolute Gasteiger partial charge is 0.122 e. The van der Waals surface area contributed by atoms with Gasteiger partial charge in [0.05, 0.1) is 6.61 Å². The molecule has 0 spiro atoms. The van der Waals surface area contributed by atoms with Crippen molar-refractivity contribution in [1.29, 1.82) is 0 Å². The minimum atomic E-state index is 0.819. The normalized spacial score (nSPS) is 13.5.